The van der Waals surface area contributed by atoms with E-state index in [4.69, 9.17) is 5.73 Å². The van der Waals surface area contributed by atoms with Crippen LogP contribution in [-0.2, 0) is 7.05 Å². The molecule has 3 N–H and O–H groups in total. The van der Waals surface area contributed by atoms with Gasteiger partial charge in [0.25, 0.3) is 5.91 Å². The van der Waals surface area contributed by atoms with Crippen LogP contribution in [0.5, 0.6) is 0 Å². The predicted molar refractivity (Wildman–Crippen MR) is 85.8 cm³/mol. The summed E-state index contributed by atoms with van der Waals surface area (Å²) < 4.78 is 15.0. The van der Waals surface area contributed by atoms with E-state index in [-0.39, 0.29) is 11.7 Å². The van der Waals surface area contributed by atoms with Crippen molar-refractivity contribution in [1.29, 1.82) is 0 Å². The number of anilines is 1. The second-order valence-corrected chi connectivity index (χ2v) is 5.19. The van der Waals surface area contributed by atoms with E-state index in [1.807, 2.05) is 0 Å². The van der Waals surface area contributed by atoms with Crippen molar-refractivity contribution >= 4 is 28.4 Å². The fourth-order valence-corrected chi connectivity index (χ4v) is 2.47. The summed E-state index contributed by atoms with van der Waals surface area (Å²) >= 11 is 0. The lowest BCUT2D eigenvalue weighted by Crippen LogP contribution is -2.16. The van der Waals surface area contributed by atoms with Crippen LogP contribution in [0.1, 0.15) is 20.8 Å². The molecule has 0 spiro atoms. The standard InChI is InChI=1S/C17H14FN3O2/c1-21-14-9-12(18)6-5-10(14)8-15(21)17(23)20-13-4-2-3-11(7-13)16(19)22/h2-9H,1H3,(H2,19,22)(H,20,23). The summed E-state index contributed by atoms with van der Waals surface area (Å²) in [6.07, 6.45) is 0. The van der Waals surface area contributed by atoms with Crippen molar-refractivity contribution in [3.63, 3.8) is 0 Å². The van der Waals surface area contributed by atoms with Crippen molar-refractivity contribution in [2.75, 3.05) is 5.32 Å². The first-order valence-electron chi connectivity index (χ1n) is 6.92. The smallest absolute Gasteiger partial charge is 0.272 e. The third kappa shape index (κ3) is 2.78. The molecule has 5 nitrogen and oxygen atoms in total. The minimum Gasteiger partial charge on any atom is -0.366 e. The topological polar surface area (TPSA) is 77.1 Å². The van der Waals surface area contributed by atoms with E-state index in [1.165, 1.54) is 18.2 Å². The maximum Gasteiger partial charge on any atom is 0.272 e. The molecule has 0 aliphatic carbocycles. The highest BCUT2D eigenvalue weighted by atomic mass is 19.1. The molecule has 3 aromatic rings. The predicted octanol–water partition coefficient (Wildman–Crippen LogP) is 2.67. The largest absolute Gasteiger partial charge is 0.366 e. The van der Waals surface area contributed by atoms with Gasteiger partial charge >= 0.3 is 0 Å². The summed E-state index contributed by atoms with van der Waals surface area (Å²) in [5, 5.41) is 3.48. The summed E-state index contributed by atoms with van der Waals surface area (Å²) in [5.41, 5.74) is 7.00. The van der Waals surface area contributed by atoms with Crippen LogP contribution < -0.4 is 11.1 Å². The number of nitrogens with two attached hydrogens (primary N) is 1. The molecule has 0 radical (unpaired) electrons. The van der Waals surface area contributed by atoms with Gasteiger partial charge in [-0.05, 0) is 42.5 Å². The molecule has 0 saturated carbocycles. The summed E-state index contributed by atoms with van der Waals surface area (Å²) in [7, 11) is 1.69. The van der Waals surface area contributed by atoms with Crippen LogP contribution in [0.2, 0.25) is 0 Å². The Hall–Kier alpha value is -3.15. The molecule has 3 rings (SSSR count). The van der Waals surface area contributed by atoms with Gasteiger partial charge in [0.2, 0.25) is 5.91 Å². The second-order valence-electron chi connectivity index (χ2n) is 5.19. The molecule has 1 heterocycles. The number of aryl methyl sites for hydroxylation is 1. The summed E-state index contributed by atoms with van der Waals surface area (Å²) in [6, 6.07) is 12.4. The van der Waals surface area contributed by atoms with Crippen LogP contribution in [0.3, 0.4) is 0 Å². The summed E-state index contributed by atoms with van der Waals surface area (Å²) in [5.74, 6) is -1.29. The number of benzene rings is 2. The van der Waals surface area contributed by atoms with E-state index in [0.29, 0.717) is 22.5 Å². The number of hydrogen-bond donors (Lipinski definition) is 2. The first-order chi connectivity index (χ1) is 11.0. The normalized spacial score (nSPS) is 10.7. The van der Waals surface area contributed by atoms with Gasteiger partial charge < -0.3 is 15.6 Å². The number of hydrogen-bond acceptors (Lipinski definition) is 2. The molecule has 0 bridgehead atoms. The van der Waals surface area contributed by atoms with E-state index < -0.39 is 5.91 Å². The Kier molecular flexibility index (Phi) is 3.57. The van der Waals surface area contributed by atoms with E-state index in [0.717, 1.165) is 5.39 Å². The van der Waals surface area contributed by atoms with Crippen LogP contribution in [0, 0.1) is 5.82 Å². The number of halogens is 1. The SMILES string of the molecule is Cn1c(C(=O)Nc2cccc(C(N)=O)c2)cc2ccc(F)cc21. The number of carbonyl (C=O) groups is 2. The highest BCUT2D eigenvalue weighted by Crippen LogP contribution is 2.21. The summed E-state index contributed by atoms with van der Waals surface area (Å²) in [6.45, 7) is 0. The molecule has 6 heteroatoms. The zero-order valence-electron chi connectivity index (χ0n) is 12.3. The molecule has 116 valence electrons. The minimum atomic E-state index is -0.568. The van der Waals surface area contributed by atoms with Crippen LogP contribution in [0.4, 0.5) is 10.1 Å². The fourth-order valence-electron chi connectivity index (χ4n) is 2.47. The van der Waals surface area contributed by atoms with Gasteiger partial charge in [0.1, 0.15) is 11.5 Å². The molecule has 0 saturated heterocycles. The molecule has 0 atom stereocenters. The van der Waals surface area contributed by atoms with Crippen molar-refractivity contribution in [2.45, 2.75) is 0 Å². The second kappa shape index (κ2) is 5.57. The van der Waals surface area contributed by atoms with Gasteiger partial charge in [-0.3, -0.25) is 9.59 Å². The Morgan fingerprint density at radius 1 is 1.13 bits per heavy atom. The Bertz CT molecular complexity index is 931. The van der Waals surface area contributed by atoms with Crippen molar-refractivity contribution in [2.24, 2.45) is 12.8 Å². The Morgan fingerprint density at radius 3 is 2.65 bits per heavy atom. The summed E-state index contributed by atoms with van der Waals surface area (Å²) in [4.78, 5) is 23.6. The van der Waals surface area contributed by atoms with Gasteiger partial charge in [-0.2, -0.15) is 0 Å². The highest BCUT2D eigenvalue weighted by Gasteiger charge is 2.14. The monoisotopic (exact) mass is 311 g/mol. The fraction of sp³-hybridized carbons (Fsp3) is 0.0588. The van der Waals surface area contributed by atoms with E-state index in [1.54, 1.807) is 41.9 Å². The average molecular weight is 311 g/mol. The molecule has 2 amide bonds. The third-order valence-electron chi connectivity index (χ3n) is 3.65. The number of primary amides is 1. The van der Waals surface area contributed by atoms with E-state index in [9.17, 15) is 14.0 Å². The molecular formula is C17H14FN3O2. The lowest BCUT2D eigenvalue weighted by Gasteiger charge is -2.07. The molecule has 23 heavy (non-hydrogen) atoms. The van der Waals surface area contributed by atoms with Crippen molar-refractivity contribution in [3.8, 4) is 0 Å². The van der Waals surface area contributed by atoms with Gasteiger partial charge in [0.15, 0.2) is 0 Å². The van der Waals surface area contributed by atoms with Crippen molar-refractivity contribution in [3.05, 3.63) is 65.6 Å². The zero-order chi connectivity index (χ0) is 16.6. The quantitative estimate of drug-likeness (QED) is 0.780. The van der Waals surface area contributed by atoms with Crippen LogP contribution in [0.15, 0.2) is 48.5 Å². The first-order valence-corrected chi connectivity index (χ1v) is 6.92. The number of nitrogens with one attached hydrogen (secondary N) is 1. The van der Waals surface area contributed by atoms with Crippen LogP contribution in [-0.4, -0.2) is 16.4 Å². The third-order valence-corrected chi connectivity index (χ3v) is 3.65. The molecule has 2 aromatic carbocycles. The number of rotatable bonds is 3. The van der Waals surface area contributed by atoms with Crippen molar-refractivity contribution < 1.29 is 14.0 Å². The maximum absolute atomic E-state index is 13.3. The average Bonchev–Trinajstić information content (AvgIpc) is 2.84. The molecule has 0 fully saturated rings. The molecule has 0 unspecified atom stereocenters. The molecule has 1 aromatic heterocycles. The minimum absolute atomic E-state index is 0.307. The number of nitrogens with zero attached hydrogens (tertiary/aromatic N) is 1. The zero-order valence-corrected chi connectivity index (χ0v) is 12.3. The Labute approximate surface area is 131 Å². The van der Waals surface area contributed by atoms with E-state index >= 15 is 0 Å². The first kappa shape index (κ1) is 14.8. The Morgan fingerprint density at radius 2 is 1.91 bits per heavy atom. The van der Waals surface area contributed by atoms with E-state index in [2.05, 4.69) is 5.32 Å². The van der Waals surface area contributed by atoms with Gasteiger partial charge in [-0.1, -0.05) is 6.07 Å². The maximum atomic E-state index is 13.3. The van der Waals surface area contributed by atoms with Gasteiger partial charge in [0.05, 0.1) is 5.52 Å². The lowest BCUT2D eigenvalue weighted by atomic mass is 10.2. The lowest BCUT2D eigenvalue weighted by molar-refractivity contribution is 0.0995. The number of fused-ring (bicyclic) bond motifs is 1. The number of carbonyl (C=O) groups excluding carboxylic acids is 2. The van der Waals surface area contributed by atoms with Crippen LogP contribution in [0.25, 0.3) is 10.9 Å². The number of amides is 2. The van der Waals surface area contributed by atoms with Gasteiger partial charge in [-0.25, -0.2) is 4.39 Å². The van der Waals surface area contributed by atoms with Gasteiger partial charge in [-0.15, -0.1) is 0 Å². The Balaban J connectivity index is 1.93. The molecular weight excluding hydrogens is 297 g/mol. The van der Waals surface area contributed by atoms with Gasteiger partial charge in [0, 0.05) is 23.7 Å². The highest BCUT2D eigenvalue weighted by molar-refractivity contribution is 6.07. The van der Waals surface area contributed by atoms with Crippen molar-refractivity contribution in [1.82, 2.24) is 4.57 Å². The van der Waals surface area contributed by atoms with Crippen LogP contribution >= 0.6 is 0 Å². The molecule has 0 aliphatic rings. The number of aromatic nitrogens is 1. The molecule has 0 aliphatic heterocycles.